The molecule has 0 aliphatic rings. The number of methoxy groups -OCH3 is 1. The molecule has 0 atom stereocenters. The molecular weight excluding hydrogens is 140 g/mol. The third kappa shape index (κ3) is 1.97. The number of nitrogens with zero attached hydrogens (tertiary/aromatic N) is 2. The van der Waals surface area contributed by atoms with E-state index in [-0.39, 0.29) is 0 Å². The molecule has 1 aromatic heterocycles. The summed E-state index contributed by atoms with van der Waals surface area (Å²) in [5, 5.41) is 3.99. The zero-order valence-corrected chi connectivity index (χ0v) is 7.16. The van der Waals surface area contributed by atoms with Crippen LogP contribution in [0.2, 0.25) is 0 Å². The smallest absolute Gasteiger partial charge is 0.212 e. The molecule has 0 N–H and O–H groups in total. The quantitative estimate of drug-likeness (QED) is 0.655. The van der Waals surface area contributed by atoms with Gasteiger partial charge in [-0.1, -0.05) is 13.8 Å². The Morgan fingerprint density at radius 3 is 3.00 bits per heavy atom. The molecule has 0 saturated carbocycles. The van der Waals surface area contributed by atoms with Gasteiger partial charge in [0.15, 0.2) is 0 Å². The van der Waals surface area contributed by atoms with Crippen molar-refractivity contribution in [1.29, 1.82) is 0 Å². The molecule has 61 valence electrons. The van der Waals surface area contributed by atoms with Crippen molar-refractivity contribution in [1.82, 2.24) is 9.78 Å². The Balaban J connectivity index is 2.68. The van der Waals surface area contributed by atoms with E-state index in [1.807, 2.05) is 4.68 Å². The minimum Gasteiger partial charge on any atom is -0.481 e. The molecule has 0 spiro atoms. The molecule has 1 aromatic rings. The van der Waals surface area contributed by atoms with Gasteiger partial charge in [0.2, 0.25) is 5.88 Å². The van der Waals surface area contributed by atoms with Crippen molar-refractivity contribution in [2.75, 3.05) is 7.11 Å². The summed E-state index contributed by atoms with van der Waals surface area (Å²) in [5.41, 5.74) is 0. The van der Waals surface area contributed by atoms with E-state index in [1.54, 1.807) is 13.2 Å². The Kier molecular flexibility index (Phi) is 2.52. The highest BCUT2D eigenvalue weighted by Gasteiger charge is 2.02. The van der Waals surface area contributed by atoms with Crippen LogP contribution in [-0.2, 0) is 6.54 Å². The molecular formula is C8H13N2O. The second-order valence-electron chi connectivity index (χ2n) is 2.89. The van der Waals surface area contributed by atoms with E-state index in [0.717, 1.165) is 12.4 Å². The Hall–Kier alpha value is -0.990. The first-order valence-electron chi connectivity index (χ1n) is 3.72. The summed E-state index contributed by atoms with van der Waals surface area (Å²) in [6.45, 7) is 5.16. The molecule has 1 heterocycles. The van der Waals surface area contributed by atoms with Crippen molar-refractivity contribution >= 4 is 0 Å². The lowest BCUT2D eigenvalue weighted by atomic mass is 10.2. The van der Waals surface area contributed by atoms with Gasteiger partial charge in [0, 0.05) is 12.6 Å². The lowest BCUT2D eigenvalue weighted by Crippen LogP contribution is -2.07. The van der Waals surface area contributed by atoms with Crippen LogP contribution < -0.4 is 4.74 Å². The van der Waals surface area contributed by atoms with E-state index >= 15 is 0 Å². The molecule has 0 fully saturated rings. The standard InChI is InChI=1S/C8H13N2O/c1-7(2)6-10-8(11-3)4-5-9-10/h4,7H,6H2,1-3H3. The van der Waals surface area contributed by atoms with Crippen LogP contribution >= 0.6 is 0 Å². The number of aromatic nitrogens is 2. The average molecular weight is 153 g/mol. The monoisotopic (exact) mass is 153 g/mol. The number of hydrogen-bond acceptors (Lipinski definition) is 2. The molecule has 0 amide bonds. The van der Waals surface area contributed by atoms with Gasteiger partial charge in [-0.05, 0) is 5.92 Å². The van der Waals surface area contributed by atoms with E-state index in [9.17, 15) is 0 Å². The van der Waals surface area contributed by atoms with Crippen LogP contribution in [0.15, 0.2) is 6.07 Å². The number of rotatable bonds is 3. The highest BCUT2D eigenvalue weighted by Crippen LogP contribution is 2.09. The average Bonchev–Trinajstić information content (AvgIpc) is 2.34. The summed E-state index contributed by atoms with van der Waals surface area (Å²) >= 11 is 0. The van der Waals surface area contributed by atoms with Crippen molar-refractivity contribution in [2.45, 2.75) is 20.4 Å². The van der Waals surface area contributed by atoms with E-state index in [1.165, 1.54) is 0 Å². The fraction of sp³-hybridized carbons (Fsp3) is 0.625. The minimum atomic E-state index is 0.581. The first-order chi connectivity index (χ1) is 5.24. The second kappa shape index (κ2) is 3.42. The first kappa shape index (κ1) is 8.11. The lowest BCUT2D eigenvalue weighted by molar-refractivity contribution is 0.343. The van der Waals surface area contributed by atoms with Gasteiger partial charge < -0.3 is 4.74 Å². The largest absolute Gasteiger partial charge is 0.481 e. The zero-order valence-electron chi connectivity index (χ0n) is 7.16. The fourth-order valence-corrected chi connectivity index (χ4v) is 0.919. The van der Waals surface area contributed by atoms with Crippen LogP contribution in [0.3, 0.4) is 0 Å². The van der Waals surface area contributed by atoms with Crippen molar-refractivity contribution in [2.24, 2.45) is 5.92 Å². The Bertz CT molecular complexity index is 218. The summed E-state index contributed by atoms with van der Waals surface area (Å²) in [4.78, 5) is 0. The maximum absolute atomic E-state index is 5.06. The third-order valence-electron chi connectivity index (χ3n) is 1.37. The van der Waals surface area contributed by atoms with Crippen LogP contribution in [0.1, 0.15) is 13.8 Å². The van der Waals surface area contributed by atoms with Gasteiger partial charge in [-0.2, -0.15) is 5.10 Å². The summed E-state index contributed by atoms with van der Waals surface area (Å²) in [6, 6.07) is 1.74. The Morgan fingerprint density at radius 2 is 2.45 bits per heavy atom. The molecule has 0 aliphatic carbocycles. The Morgan fingerprint density at radius 1 is 1.73 bits per heavy atom. The first-order valence-corrected chi connectivity index (χ1v) is 3.72. The van der Waals surface area contributed by atoms with E-state index in [4.69, 9.17) is 4.74 Å². The predicted octanol–water partition coefficient (Wildman–Crippen LogP) is 1.35. The summed E-state index contributed by atoms with van der Waals surface area (Å²) in [7, 11) is 1.64. The molecule has 0 saturated heterocycles. The van der Waals surface area contributed by atoms with Gasteiger partial charge in [0.25, 0.3) is 0 Å². The number of ether oxygens (including phenoxy) is 1. The van der Waals surface area contributed by atoms with Crippen LogP contribution in [0.5, 0.6) is 5.88 Å². The second-order valence-corrected chi connectivity index (χ2v) is 2.89. The fourth-order valence-electron chi connectivity index (χ4n) is 0.919. The normalized spacial score (nSPS) is 10.5. The van der Waals surface area contributed by atoms with Gasteiger partial charge in [0.05, 0.1) is 7.11 Å². The summed E-state index contributed by atoms with van der Waals surface area (Å²) in [5.74, 6) is 1.36. The van der Waals surface area contributed by atoms with E-state index in [2.05, 4.69) is 25.1 Å². The summed E-state index contributed by atoms with van der Waals surface area (Å²) < 4.78 is 6.87. The molecule has 1 rings (SSSR count). The molecule has 0 bridgehead atoms. The van der Waals surface area contributed by atoms with E-state index in [0.29, 0.717) is 5.92 Å². The highest BCUT2D eigenvalue weighted by atomic mass is 16.5. The minimum absolute atomic E-state index is 0.581. The van der Waals surface area contributed by atoms with Crippen LogP contribution in [0.25, 0.3) is 0 Å². The van der Waals surface area contributed by atoms with Crippen molar-refractivity contribution in [3.63, 3.8) is 0 Å². The van der Waals surface area contributed by atoms with Gasteiger partial charge in [-0.25, -0.2) is 4.68 Å². The molecule has 0 aliphatic heterocycles. The molecule has 3 nitrogen and oxygen atoms in total. The van der Waals surface area contributed by atoms with Crippen LogP contribution in [0, 0.1) is 12.1 Å². The SMILES string of the molecule is COc1c[c]nn1CC(C)C. The van der Waals surface area contributed by atoms with Crippen molar-refractivity contribution in [3.8, 4) is 5.88 Å². The Labute approximate surface area is 67.0 Å². The van der Waals surface area contributed by atoms with Crippen molar-refractivity contribution < 1.29 is 4.74 Å². The van der Waals surface area contributed by atoms with Crippen LogP contribution in [0.4, 0.5) is 0 Å². The molecule has 0 aromatic carbocycles. The van der Waals surface area contributed by atoms with Gasteiger partial charge in [-0.3, -0.25) is 0 Å². The van der Waals surface area contributed by atoms with E-state index < -0.39 is 0 Å². The maximum Gasteiger partial charge on any atom is 0.212 e. The highest BCUT2D eigenvalue weighted by molar-refractivity contribution is 5.05. The van der Waals surface area contributed by atoms with Gasteiger partial charge in [0.1, 0.15) is 6.20 Å². The lowest BCUT2D eigenvalue weighted by Gasteiger charge is -2.07. The molecule has 11 heavy (non-hydrogen) atoms. The molecule has 0 unspecified atom stereocenters. The molecule has 3 heteroatoms. The topological polar surface area (TPSA) is 27.1 Å². The predicted molar refractivity (Wildman–Crippen MR) is 42.5 cm³/mol. The molecule has 1 radical (unpaired) electrons. The summed E-state index contributed by atoms with van der Waals surface area (Å²) in [6.07, 6.45) is 2.74. The van der Waals surface area contributed by atoms with Crippen LogP contribution in [-0.4, -0.2) is 16.9 Å². The van der Waals surface area contributed by atoms with Gasteiger partial charge in [-0.15, -0.1) is 0 Å². The number of hydrogen-bond donors (Lipinski definition) is 0. The van der Waals surface area contributed by atoms with Gasteiger partial charge >= 0.3 is 0 Å². The van der Waals surface area contributed by atoms with Crippen molar-refractivity contribution in [3.05, 3.63) is 12.3 Å². The zero-order chi connectivity index (χ0) is 8.27. The maximum atomic E-state index is 5.06. The third-order valence-corrected chi connectivity index (χ3v) is 1.37.